The van der Waals surface area contributed by atoms with E-state index >= 15 is 0 Å². The first-order valence-electron chi connectivity index (χ1n) is 6.14. The fourth-order valence-electron chi connectivity index (χ4n) is 2.46. The number of rotatable bonds is 2. The van der Waals surface area contributed by atoms with Gasteiger partial charge < -0.3 is 5.32 Å². The topological polar surface area (TPSA) is 29.1 Å². The first-order valence-corrected chi connectivity index (χ1v) is 7.33. The van der Waals surface area contributed by atoms with Crippen molar-refractivity contribution < 1.29 is 4.79 Å². The third-order valence-electron chi connectivity index (χ3n) is 3.82. The largest absolute Gasteiger partial charge is 0.348 e. The molecule has 1 aliphatic rings. The van der Waals surface area contributed by atoms with Crippen LogP contribution in [0.25, 0.3) is 0 Å². The molecule has 4 heteroatoms. The molecule has 94 valence electrons. The molecular weight excluding hydrogens is 254 g/mol. The van der Waals surface area contributed by atoms with Crippen LogP contribution in [0.1, 0.15) is 42.8 Å². The van der Waals surface area contributed by atoms with Crippen molar-refractivity contribution >= 4 is 28.8 Å². The average Bonchev–Trinajstić information content (AvgIpc) is 2.72. The van der Waals surface area contributed by atoms with E-state index in [0.29, 0.717) is 27.1 Å². The minimum absolute atomic E-state index is 0.0212. The zero-order valence-electron chi connectivity index (χ0n) is 10.2. The van der Waals surface area contributed by atoms with Gasteiger partial charge in [0.05, 0.1) is 9.21 Å². The Balaban J connectivity index is 1.98. The first kappa shape index (κ1) is 12.9. The van der Waals surface area contributed by atoms with E-state index in [1.807, 2.05) is 0 Å². The highest BCUT2D eigenvalue weighted by Crippen LogP contribution is 2.30. The second kappa shape index (κ2) is 5.40. The smallest absolute Gasteiger partial charge is 0.261 e. The second-order valence-electron chi connectivity index (χ2n) is 4.95. The third kappa shape index (κ3) is 3.02. The highest BCUT2D eigenvalue weighted by Gasteiger charge is 2.28. The van der Waals surface area contributed by atoms with E-state index in [1.54, 1.807) is 12.1 Å². The summed E-state index contributed by atoms with van der Waals surface area (Å²) in [4.78, 5) is 12.7. The summed E-state index contributed by atoms with van der Waals surface area (Å²) < 4.78 is 0.667. The van der Waals surface area contributed by atoms with Gasteiger partial charge in [0.2, 0.25) is 0 Å². The van der Waals surface area contributed by atoms with Crippen LogP contribution in [0.3, 0.4) is 0 Å². The maximum absolute atomic E-state index is 12.0. The first-order chi connectivity index (χ1) is 8.08. The van der Waals surface area contributed by atoms with Crippen LogP contribution < -0.4 is 5.32 Å². The van der Waals surface area contributed by atoms with Crippen molar-refractivity contribution in [3.05, 3.63) is 21.3 Å². The fourth-order valence-corrected chi connectivity index (χ4v) is 3.41. The molecule has 0 aromatic carbocycles. The van der Waals surface area contributed by atoms with Crippen molar-refractivity contribution in [2.75, 3.05) is 0 Å². The summed E-state index contributed by atoms with van der Waals surface area (Å²) in [6.45, 7) is 4.50. The molecule has 2 rings (SSSR count). The standard InChI is InChI=1S/C13H18ClNOS/c1-8-4-3-5-10(9(8)2)15-13(16)11-6-7-12(14)17-11/h6-10H,3-5H2,1-2H3,(H,15,16)/t8-,9+,10-/m0/s1. The predicted molar refractivity (Wildman–Crippen MR) is 72.8 cm³/mol. The van der Waals surface area contributed by atoms with Gasteiger partial charge in [0.1, 0.15) is 0 Å². The summed E-state index contributed by atoms with van der Waals surface area (Å²) in [5.74, 6) is 1.27. The number of hydrogen-bond donors (Lipinski definition) is 1. The minimum Gasteiger partial charge on any atom is -0.348 e. The van der Waals surface area contributed by atoms with Crippen molar-refractivity contribution in [3.8, 4) is 0 Å². The molecule has 3 atom stereocenters. The van der Waals surface area contributed by atoms with E-state index in [4.69, 9.17) is 11.6 Å². The number of nitrogens with one attached hydrogen (secondary N) is 1. The zero-order chi connectivity index (χ0) is 12.4. The molecular formula is C13H18ClNOS. The molecule has 1 aromatic rings. The highest BCUT2D eigenvalue weighted by molar-refractivity contribution is 7.17. The lowest BCUT2D eigenvalue weighted by Crippen LogP contribution is -2.43. The van der Waals surface area contributed by atoms with E-state index in [-0.39, 0.29) is 5.91 Å². The molecule has 2 nitrogen and oxygen atoms in total. The molecule has 1 aromatic heterocycles. The summed E-state index contributed by atoms with van der Waals surface area (Å²) in [7, 11) is 0. The summed E-state index contributed by atoms with van der Waals surface area (Å²) in [5, 5.41) is 3.14. The van der Waals surface area contributed by atoms with E-state index < -0.39 is 0 Å². The summed E-state index contributed by atoms with van der Waals surface area (Å²) in [6, 6.07) is 3.87. The van der Waals surface area contributed by atoms with Gasteiger partial charge in [-0.1, -0.05) is 38.3 Å². The molecule has 1 aliphatic carbocycles. The molecule has 1 saturated carbocycles. The van der Waals surface area contributed by atoms with Gasteiger partial charge in [0.15, 0.2) is 0 Å². The van der Waals surface area contributed by atoms with Gasteiger partial charge in [-0.05, 0) is 30.4 Å². The van der Waals surface area contributed by atoms with Gasteiger partial charge in [-0.3, -0.25) is 4.79 Å². The van der Waals surface area contributed by atoms with E-state index in [9.17, 15) is 4.79 Å². The maximum Gasteiger partial charge on any atom is 0.261 e. The Hall–Kier alpha value is -0.540. The quantitative estimate of drug-likeness (QED) is 0.867. The van der Waals surface area contributed by atoms with Gasteiger partial charge in [0, 0.05) is 6.04 Å². The molecule has 0 radical (unpaired) electrons. The molecule has 1 heterocycles. The lowest BCUT2D eigenvalue weighted by molar-refractivity contribution is 0.0895. The molecule has 17 heavy (non-hydrogen) atoms. The number of carbonyl (C=O) groups excluding carboxylic acids is 1. The minimum atomic E-state index is 0.0212. The van der Waals surface area contributed by atoms with E-state index in [2.05, 4.69) is 19.2 Å². The second-order valence-corrected chi connectivity index (χ2v) is 6.67. The van der Waals surface area contributed by atoms with Crippen LogP contribution in [0.4, 0.5) is 0 Å². The summed E-state index contributed by atoms with van der Waals surface area (Å²) >= 11 is 7.18. The van der Waals surface area contributed by atoms with Crippen LogP contribution in [0, 0.1) is 11.8 Å². The molecule has 1 N–H and O–H groups in total. The van der Waals surface area contributed by atoms with Gasteiger partial charge in [0.25, 0.3) is 5.91 Å². The normalized spacial score (nSPS) is 29.0. The molecule has 1 amide bonds. The summed E-state index contributed by atoms with van der Waals surface area (Å²) in [5.41, 5.74) is 0. The van der Waals surface area contributed by atoms with Crippen molar-refractivity contribution in [2.24, 2.45) is 11.8 Å². The molecule has 1 fully saturated rings. The number of thiophene rings is 1. The monoisotopic (exact) mass is 271 g/mol. The van der Waals surface area contributed by atoms with Crippen LogP contribution >= 0.6 is 22.9 Å². The van der Waals surface area contributed by atoms with Crippen LogP contribution in [-0.4, -0.2) is 11.9 Å². The van der Waals surface area contributed by atoms with Crippen molar-refractivity contribution in [1.82, 2.24) is 5.32 Å². The van der Waals surface area contributed by atoms with Gasteiger partial charge in [-0.15, -0.1) is 11.3 Å². The predicted octanol–water partition coefficient (Wildman–Crippen LogP) is 3.96. The lowest BCUT2D eigenvalue weighted by atomic mass is 9.78. The number of carbonyl (C=O) groups is 1. The van der Waals surface area contributed by atoms with Gasteiger partial charge >= 0.3 is 0 Å². The van der Waals surface area contributed by atoms with Crippen LogP contribution in [0.15, 0.2) is 12.1 Å². The molecule has 0 bridgehead atoms. The van der Waals surface area contributed by atoms with Gasteiger partial charge in [-0.2, -0.15) is 0 Å². The zero-order valence-corrected chi connectivity index (χ0v) is 11.8. The SMILES string of the molecule is C[C@H]1[C@@H](NC(=O)c2ccc(Cl)s2)CCC[C@@H]1C. The Morgan fingerprint density at radius 2 is 2.18 bits per heavy atom. The Morgan fingerprint density at radius 1 is 1.41 bits per heavy atom. The van der Waals surface area contributed by atoms with Crippen LogP contribution in [-0.2, 0) is 0 Å². The Bertz CT molecular complexity index is 404. The Labute approximate surface area is 111 Å². The highest BCUT2D eigenvalue weighted by atomic mass is 35.5. The van der Waals surface area contributed by atoms with Crippen LogP contribution in [0.5, 0.6) is 0 Å². The molecule has 0 spiro atoms. The average molecular weight is 272 g/mol. The number of halogens is 1. The fraction of sp³-hybridized carbons (Fsp3) is 0.615. The third-order valence-corrected chi connectivity index (χ3v) is 5.05. The number of hydrogen-bond acceptors (Lipinski definition) is 2. The van der Waals surface area contributed by atoms with Crippen molar-refractivity contribution in [1.29, 1.82) is 0 Å². The lowest BCUT2D eigenvalue weighted by Gasteiger charge is -2.34. The van der Waals surface area contributed by atoms with E-state index in [1.165, 1.54) is 24.2 Å². The van der Waals surface area contributed by atoms with Crippen molar-refractivity contribution in [2.45, 2.75) is 39.2 Å². The summed E-state index contributed by atoms with van der Waals surface area (Å²) in [6.07, 6.45) is 3.58. The van der Waals surface area contributed by atoms with Crippen molar-refractivity contribution in [3.63, 3.8) is 0 Å². The van der Waals surface area contributed by atoms with Gasteiger partial charge in [-0.25, -0.2) is 0 Å². The number of amides is 1. The van der Waals surface area contributed by atoms with E-state index in [0.717, 1.165) is 6.42 Å². The molecule has 0 saturated heterocycles. The molecule has 0 unspecified atom stereocenters. The Morgan fingerprint density at radius 3 is 2.82 bits per heavy atom. The van der Waals surface area contributed by atoms with Crippen LogP contribution in [0.2, 0.25) is 4.34 Å². The Kier molecular flexibility index (Phi) is 4.10. The maximum atomic E-state index is 12.0. The molecule has 0 aliphatic heterocycles.